The van der Waals surface area contributed by atoms with Gasteiger partial charge in [-0.1, -0.05) is 15.9 Å². The molecule has 3 saturated carbocycles. The van der Waals surface area contributed by atoms with Crippen molar-refractivity contribution in [3.05, 3.63) is 0 Å². The highest BCUT2D eigenvalue weighted by Crippen LogP contribution is 2.89. The van der Waals surface area contributed by atoms with Crippen LogP contribution in [0.4, 0.5) is 0 Å². The minimum absolute atomic E-state index is 0.0325. The molecule has 6 aliphatic rings. The van der Waals surface area contributed by atoms with Crippen molar-refractivity contribution >= 4 is 21.7 Å². The van der Waals surface area contributed by atoms with Gasteiger partial charge in [-0.2, -0.15) is 0 Å². The number of nitrogens with zero attached hydrogens (tertiary/aromatic N) is 1. The third-order valence-electron chi connectivity index (χ3n) is 8.54. The summed E-state index contributed by atoms with van der Waals surface area (Å²) in [5.41, 5.74) is -0.831. The molecule has 0 radical (unpaired) electrons. The van der Waals surface area contributed by atoms with E-state index in [4.69, 9.17) is 9.47 Å². The number of likely N-dealkylation sites (N-methyl/N-ethyl adjacent to an activating group) is 1. The molecule has 2 spiro atoms. The summed E-state index contributed by atoms with van der Waals surface area (Å²) in [7, 11) is 2.19. The van der Waals surface area contributed by atoms with Crippen LogP contribution in [0.3, 0.4) is 0 Å². The van der Waals surface area contributed by atoms with Gasteiger partial charge in [0.2, 0.25) is 0 Å². The summed E-state index contributed by atoms with van der Waals surface area (Å²) in [6, 6.07) is 0. The van der Waals surface area contributed by atoms with Crippen molar-refractivity contribution in [1.29, 1.82) is 0 Å². The molecule has 6 fully saturated rings. The highest BCUT2D eigenvalue weighted by Gasteiger charge is 2.98. The molecule has 6 rings (SSSR count). The van der Waals surface area contributed by atoms with E-state index < -0.39 is 11.9 Å². The van der Waals surface area contributed by atoms with E-state index in [-0.39, 0.29) is 45.1 Å². The largest absolute Gasteiger partial charge is 0.367 e. The van der Waals surface area contributed by atoms with E-state index in [1.165, 1.54) is 0 Å². The van der Waals surface area contributed by atoms with Crippen LogP contribution < -0.4 is 0 Å². The smallest absolute Gasteiger partial charge is 0.170 e. The Bertz CT molecular complexity index is 644. The molecule has 3 heterocycles. The minimum Gasteiger partial charge on any atom is -0.367 e. The number of carbonyl (C=O) groups is 1. The van der Waals surface area contributed by atoms with Crippen LogP contribution in [-0.4, -0.2) is 63.8 Å². The number of fused-ring (bicyclic) bond motifs is 2. The van der Waals surface area contributed by atoms with E-state index in [9.17, 15) is 9.90 Å². The monoisotopic (exact) mass is 369 g/mol. The molecule has 0 aromatic rings. The zero-order valence-corrected chi connectivity index (χ0v) is 14.3. The topological polar surface area (TPSA) is 62.3 Å². The lowest BCUT2D eigenvalue weighted by molar-refractivity contribution is -0.293. The number of rotatable bonds is 0. The van der Waals surface area contributed by atoms with Crippen molar-refractivity contribution in [3.8, 4) is 0 Å². The summed E-state index contributed by atoms with van der Waals surface area (Å²) >= 11 is 3.76. The number of hydrogen-bond donors (Lipinski definition) is 1. The number of carbonyl (C=O) groups excluding carboxylic acids is 1. The van der Waals surface area contributed by atoms with Crippen LogP contribution in [0.15, 0.2) is 0 Å². The van der Waals surface area contributed by atoms with E-state index in [1.807, 2.05) is 0 Å². The van der Waals surface area contributed by atoms with Gasteiger partial charge in [0, 0.05) is 10.8 Å². The first-order valence-electron chi connectivity index (χ1n) is 8.29. The fourth-order valence-corrected chi connectivity index (χ4v) is 9.30. The van der Waals surface area contributed by atoms with E-state index in [0.29, 0.717) is 0 Å². The molecule has 3 saturated heterocycles. The predicted molar refractivity (Wildman–Crippen MR) is 79.4 cm³/mol. The molecule has 1 N–H and O–H groups in total. The molecule has 3 aliphatic heterocycles. The van der Waals surface area contributed by atoms with Crippen molar-refractivity contribution in [2.45, 2.75) is 60.7 Å². The number of aliphatic hydroxyl groups is 1. The van der Waals surface area contributed by atoms with Crippen LogP contribution in [0.1, 0.15) is 26.2 Å². The number of hydrogen-bond acceptors (Lipinski definition) is 5. The average Bonchev–Trinajstić information content (AvgIpc) is 3.11. The highest BCUT2D eigenvalue weighted by molar-refractivity contribution is 9.09. The third kappa shape index (κ3) is 0.834. The van der Waals surface area contributed by atoms with Gasteiger partial charge in [0.25, 0.3) is 0 Å². The minimum atomic E-state index is -0.822. The molecular weight excluding hydrogens is 350 g/mol. The molecule has 1 unspecified atom stereocenters. The molecule has 3 aliphatic carbocycles. The molecule has 22 heavy (non-hydrogen) atoms. The molecule has 120 valence electrons. The van der Waals surface area contributed by atoms with Gasteiger partial charge >= 0.3 is 0 Å². The number of Topliss-reactive ketones (excluding diaryl/α,β-unsaturated/α-hetero) is 1. The molecule has 0 aromatic heterocycles. The SMILES string of the molecule is CN1CC[C@@]23[C@H]4C(=O)[C@H]5O[C@H]5[C@@]12CC[C@@]31[C@H](Br)C(O)O[C@]41C. The first-order chi connectivity index (χ1) is 10.4. The van der Waals surface area contributed by atoms with E-state index in [2.05, 4.69) is 34.8 Å². The van der Waals surface area contributed by atoms with Crippen LogP contribution in [0, 0.1) is 16.7 Å². The van der Waals surface area contributed by atoms with Gasteiger partial charge in [-0.25, -0.2) is 0 Å². The molecular formula is C16H20BrNO4. The lowest BCUT2D eigenvalue weighted by atomic mass is 9.31. The third-order valence-corrected chi connectivity index (χ3v) is 9.77. The van der Waals surface area contributed by atoms with Crippen molar-refractivity contribution in [2.75, 3.05) is 13.6 Å². The highest BCUT2D eigenvalue weighted by atomic mass is 79.9. The Morgan fingerprint density at radius 1 is 1.32 bits per heavy atom. The normalized spacial score (nSPS) is 70.7. The van der Waals surface area contributed by atoms with Gasteiger partial charge in [0.15, 0.2) is 12.1 Å². The van der Waals surface area contributed by atoms with Gasteiger partial charge in [-0.05, 0) is 39.8 Å². The quantitative estimate of drug-likeness (QED) is 0.502. The summed E-state index contributed by atoms with van der Waals surface area (Å²) in [4.78, 5) is 15.4. The second-order valence-corrected chi connectivity index (χ2v) is 9.35. The lowest BCUT2D eigenvalue weighted by Gasteiger charge is -2.72. The van der Waals surface area contributed by atoms with Crippen LogP contribution in [-0.2, 0) is 14.3 Å². The number of ether oxygens (including phenoxy) is 2. The predicted octanol–water partition coefficient (Wildman–Crippen LogP) is 0.678. The Morgan fingerprint density at radius 3 is 2.86 bits per heavy atom. The molecule has 0 aromatic carbocycles. The second-order valence-electron chi connectivity index (χ2n) is 8.37. The zero-order valence-electron chi connectivity index (χ0n) is 12.7. The molecule has 0 amide bonds. The van der Waals surface area contributed by atoms with Crippen LogP contribution in [0.5, 0.6) is 0 Å². The summed E-state index contributed by atoms with van der Waals surface area (Å²) in [5, 5.41) is 10.4. The molecule has 5 nitrogen and oxygen atoms in total. The maximum absolute atomic E-state index is 13.0. The number of aliphatic hydroxyl groups excluding tert-OH is 1. The first-order valence-corrected chi connectivity index (χ1v) is 9.20. The number of alkyl halides is 1. The van der Waals surface area contributed by atoms with Crippen LogP contribution in [0.2, 0.25) is 0 Å². The van der Waals surface area contributed by atoms with Gasteiger partial charge < -0.3 is 14.6 Å². The van der Waals surface area contributed by atoms with Gasteiger partial charge in [-0.15, -0.1) is 0 Å². The lowest BCUT2D eigenvalue weighted by Crippen LogP contribution is -2.83. The Balaban J connectivity index is 1.67. The zero-order chi connectivity index (χ0) is 15.3. The van der Waals surface area contributed by atoms with Crippen LogP contribution in [0.25, 0.3) is 0 Å². The fourth-order valence-electron chi connectivity index (χ4n) is 8.10. The van der Waals surface area contributed by atoms with Crippen molar-refractivity contribution in [2.24, 2.45) is 16.7 Å². The van der Waals surface area contributed by atoms with E-state index in [1.54, 1.807) is 0 Å². The van der Waals surface area contributed by atoms with Crippen molar-refractivity contribution < 1.29 is 19.4 Å². The van der Waals surface area contributed by atoms with Gasteiger partial charge in [0.05, 0.1) is 21.9 Å². The van der Waals surface area contributed by atoms with E-state index in [0.717, 1.165) is 25.8 Å². The van der Waals surface area contributed by atoms with Gasteiger partial charge in [0.1, 0.15) is 12.2 Å². The summed E-state index contributed by atoms with van der Waals surface area (Å²) in [6.45, 7) is 3.06. The Hall–Kier alpha value is -0.0100. The van der Waals surface area contributed by atoms with E-state index >= 15 is 0 Å². The Labute approximate surface area is 137 Å². The summed E-state index contributed by atoms with van der Waals surface area (Å²) in [5.74, 6) is 0.0955. The Morgan fingerprint density at radius 2 is 2.09 bits per heavy atom. The number of likely N-dealkylation sites (tertiary alicyclic amines) is 1. The Kier molecular flexibility index (Phi) is 1.95. The fraction of sp³-hybridized carbons (Fsp3) is 0.938. The van der Waals surface area contributed by atoms with Gasteiger partial charge in [-0.3, -0.25) is 9.69 Å². The van der Waals surface area contributed by atoms with Crippen molar-refractivity contribution in [1.82, 2.24) is 4.90 Å². The average molecular weight is 370 g/mol. The first kappa shape index (κ1) is 13.3. The van der Waals surface area contributed by atoms with Crippen LogP contribution >= 0.6 is 15.9 Å². The maximum Gasteiger partial charge on any atom is 0.170 e. The summed E-state index contributed by atoms with van der Waals surface area (Å²) < 4.78 is 12.0. The molecule has 6 heteroatoms. The van der Waals surface area contributed by atoms with Crippen molar-refractivity contribution in [3.63, 3.8) is 0 Å². The second kappa shape index (κ2) is 3.23. The number of halogens is 1. The standard InChI is InChI=1S/C16H20BrNO4/c1-13-9-7(19)8-11(21-8)16-4-3-15(13,10(17)12(20)22-13)14(9,16)5-6-18(16)2/h8-12,20H,3-6H2,1-2H3/t8-,9+,10-,11-,12?,13-,14+,15+,16-/m1/s1. The maximum atomic E-state index is 13.0. The molecule has 0 bridgehead atoms. The molecule has 9 atom stereocenters. The summed E-state index contributed by atoms with van der Waals surface area (Å²) in [6.07, 6.45) is 2.06. The number of ketones is 1. The number of epoxide rings is 1.